The van der Waals surface area contributed by atoms with Crippen LogP contribution in [0.4, 0.5) is 0 Å². The Hall–Kier alpha value is -1.39. The molecular formula is C10H18N2O3. The fourth-order valence-electron chi connectivity index (χ4n) is 0.972. The number of nitrogens with one attached hydrogen (secondary N) is 1. The summed E-state index contributed by atoms with van der Waals surface area (Å²) >= 11 is 0. The number of likely N-dealkylation sites (N-methyl/N-ethyl adjacent to an activating group) is 1. The molecule has 2 amide bonds. The first-order valence-electron chi connectivity index (χ1n) is 4.97. The first-order valence-corrected chi connectivity index (χ1v) is 4.97. The summed E-state index contributed by atoms with van der Waals surface area (Å²) in [7, 11) is 1.51. The molecule has 0 unspecified atom stereocenters. The van der Waals surface area contributed by atoms with Crippen LogP contribution in [0.2, 0.25) is 0 Å². The van der Waals surface area contributed by atoms with E-state index in [2.05, 4.69) is 5.32 Å². The summed E-state index contributed by atoms with van der Waals surface area (Å²) in [5, 5.41) is 2.65. The largest absolute Gasteiger partial charge is 0.355 e. The van der Waals surface area contributed by atoms with Gasteiger partial charge in [0.15, 0.2) is 0 Å². The number of nitrogens with zero attached hydrogens (tertiary/aromatic N) is 1. The van der Waals surface area contributed by atoms with Crippen LogP contribution < -0.4 is 5.32 Å². The van der Waals surface area contributed by atoms with Crippen LogP contribution in [0.15, 0.2) is 0 Å². The molecule has 0 radical (unpaired) electrons. The molecule has 0 heterocycles. The number of hydrogen-bond acceptors (Lipinski definition) is 3. The van der Waals surface area contributed by atoms with Crippen LogP contribution >= 0.6 is 0 Å². The van der Waals surface area contributed by atoms with Gasteiger partial charge in [-0.3, -0.25) is 14.4 Å². The highest BCUT2D eigenvalue weighted by Crippen LogP contribution is 1.91. The third-order valence-corrected chi connectivity index (χ3v) is 1.78. The van der Waals surface area contributed by atoms with Gasteiger partial charge in [-0.25, -0.2) is 0 Å². The molecule has 0 aliphatic carbocycles. The highest BCUT2D eigenvalue weighted by molar-refractivity contribution is 5.97. The number of ketones is 1. The minimum absolute atomic E-state index is 0.00606. The molecule has 5 heteroatoms. The van der Waals surface area contributed by atoms with Crippen molar-refractivity contribution >= 4 is 17.6 Å². The number of hydrogen-bond donors (Lipinski definition) is 1. The van der Waals surface area contributed by atoms with Crippen molar-refractivity contribution in [2.75, 3.05) is 20.1 Å². The first-order chi connectivity index (χ1) is 6.97. The van der Waals surface area contributed by atoms with Gasteiger partial charge in [0.25, 0.3) is 0 Å². The summed E-state index contributed by atoms with van der Waals surface area (Å²) < 4.78 is 0. The molecular weight excluding hydrogens is 196 g/mol. The van der Waals surface area contributed by atoms with E-state index in [0.29, 0.717) is 6.54 Å². The number of carbonyl (C=O) groups excluding carboxylic acids is 3. The third-order valence-electron chi connectivity index (χ3n) is 1.78. The van der Waals surface area contributed by atoms with Gasteiger partial charge in [-0.2, -0.15) is 0 Å². The van der Waals surface area contributed by atoms with Gasteiger partial charge < -0.3 is 10.2 Å². The Morgan fingerprint density at radius 1 is 1.27 bits per heavy atom. The summed E-state index contributed by atoms with van der Waals surface area (Å²) in [6.07, 6.45) is 0.717. The second kappa shape index (κ2) is 6.98. The van der Waals surface area contributed by atoms with Crippen LogP contribution in [0.25, 0.3) is 0 Å². The fraction of sp³-hybridized carbons (Fsp3) is 0.700. The Bertz CT molecular complexity index is 251. The molecule has 0 aromatic rings. The van der Waals surface area contributed by atoms with Crippen LogP contribution in [0.3, 0.4) is 0 Å². The monoisotopic (exact) mass is 214 g/mol. The summed E-state index contributed by atoms with van der Waals surface area (Å²) in [6.45, 7) is 3.91. The second-order valence-corrected chi connectivity index (χ2v) is 3.48. The highest BCUT2D eigenvalue weighted by Gasteiger charge is 2.13. The van der Waals surface area contributed by atoms with E-state index in [0.717, 1.165) is 6.42 Å². The lowest BCUT2D eigenvalue weighted by Crippen LogP contribution is -2.39. The summed E-state index contributed by atoms with van der Waals surface area (Å²) in [6, 6.07) is 0. The minimum atomic E-state index is -0.325. The lowest BCUT2D eigenvalue weighted by atomic mass is 10.3. The molecule has 0 aromatic carbocycles. The molecule has 0 bridgehead atoms. The Morgan fingerprint density at radius 2 is 1.87 bits per heavy atom. The van der Waals surface area contributed by atoms with Crippen molar-refractivity contribution in [1.29, 1.82) is 0 Å². The van der Waals surface area contributed by atoms with Crippen molar-refractivity contribution in [3.8, 4) is 0 Å². The zero-order valence-electron chi connectivity index (χ0n) is 9.50. The van der Waals surface area contributed by atoms with Crippen molar-refractivity contribution in [2.24, 2.45) is 0 Å². The van der Waals surface area contributed by atoms with E-state index in [4.69, 9.17) is 0 Å². The summed E-state index contributed by atoms with van der Waals surface area (Å²) in [5.41, 5.74) is 0. The van der Waals surface area contributed by atoms with Gasteiger partial charge in [-0.05, 0) is 13.3 Å². The van der Waals surface area contributed by atoms with Gasteiger partial charge in [-0.15, -0.1) is 0 Å². The Kier molecular flexibility index (Phi) is 6.33. The molecule has 0 fully saturated rings. The quantitative estimate of drug-likeness (QED) is 0.630. The van der Waals surface area contributed by atoms with E-state index in [9.17, 15) is 14.4 Å². The number of amides is 2. The average molecular weight is 214 g/mol. The molecule has 86 valence electrons. The van der Waals surface area contributed by atoms with Crippen LogP contribution in [0, 0.1) is 0 Å². The minimum Gasteiger partial charge on any atom is -0.355 e. The van der Waals surface area contributed by atoms with Gasteiger partial charge in [0.2, 0.25) is 11.8 Å². The zero-order valence-corrected chi connectivity index (χ0v) is 9.50. The van der Waals surface area contributed by atoms with Gasteiger partial charge in [0.05, 0.1) is 13.0 Å². The SMILES string of the molecule is CCCNC(=O)CN(C)C(=O)CC(C)=O. The van der Waals surface area contributed by atoms with Gasteiger partial charge >= 0.3 is 0 Å². The predicted octanol–water partition coefficient (Wildman–Crippen LogP) is -0.0499. The second-order valence-electron chi connectivity index (χ2n) is 3.48. The Balaban J connectivity index is 3.90. The highest BCUT2D eigenvalue weighted by atomic mass is 16.2. The first kappa shape index (κ1) is 13.6. The van der Waals surface area contributed by atoms with Gasteiger partial charge in [0.1, 0.15) is 5.78 Å². The molecule has 5 nitrogen and oxygen atoms in total. The topological polar surface area (TPSA) is 66.5 Å². The molecule has 0 saturated carbocycles. The maximum absolute atomic E-state index is 11.3. The third kappa shape index (κ3) is 6.65. The normalized spacial score (nSPS) is 9.53. The van der Waals surface area contributed by atoms with Crippen molar-refractivity contribution in [3.05, 3.63) is 0 Å². The maximum atomic E-state index is 11.3. The lowest BCUT2D eigenvalue weighted by molar-refractivity contribution is -0.137. The average Bonchev–Trinajstić information content (AvgIpc) is 2.13. The van der Waals surface area contributed by atoms with E-state index >= 15 is 0 Å². The van der Waals surface area contributed by atoms with Crippen molar-refractivity contribution < 1.29 is 14.4 Å². The molecule has 0 rings (SSSR count). The van der Waals surface area contributed by atoms with Crippen LogP contribution in [0.5, 0.6) is 0 Å². The molecule has 0 aliphatic heterocycles. The Labute approximate surface area is 89.8 Å². The van der Waals surface area contributed by atoms with Crippen molar-refractivity contribution in [3.63, 3.8) is 0 Å². The van der Waals surface area contributed by atoms with E-state index < -0.39 is 0 Å². The molecule has 0 atom stereocenters. The summed E-state index contributed by atoms with van der Waals surface area (Å²) in [5.74, 6) is -0.716. The molecule has 0 aromatic heterocycles. The Morgan fingerprint density at radius 3 is 2.33 bits per heavy atom. The van der Waals surface area contributed by atoms with E-state index in [1.54, 1.807) is 0 Å². The summed E-state index contributed by atoms with van der Waals surface area (Å²) in [4.78, 5) is 34.4. The van der Waals surface area contributed by atoms with Crippen LogP contribution in [-0.2, 0) is 14.4 Å². The predicted molar refractivity (Wildman–Crippen MR) is 56.2 cm³/mol. The number of Topliss-reactive ketones (excluding diaryl/α,β-unsaturated/α-hetero) is 1. The molecule has 15 heavy (non-hydrogen) atoms. The van der Waals surface area contributed by atoms with Gasteiger partial charge in [-0.1, -0.05) is 6.92 Å². The number of carbonyl (C=O) groups is 3. The van der Waals surface area contributed by atoms with E-state index in [1.165, 1.54) is 18.9 Å². The van der Waals surface area contributed by atoms with Crippen LogP contribution in [0.1, 0.15) is 26.7 Å². The van der Waals surface area contributed by atoms with Crippen LogP contribution in [-0.4, -0.2) is 42.6 Å². The lowest BCUT2D eigenvalue weighted by Gasteiger charge is -2.15. The maximum Gasteiger partial charge on any atom is 0.239 e. The molecule has 1 N–H and O–H groups in total. The van der Waals surface area contributed by atoms with Gasteiger partial charge in [0, 0.05) is 13.6 Å². The fourth-order valence-corrected chi connectivity index (χ4v) is 0.972. The molecule has 0 aliphatic rings. The molecule has 0 saturated heterocycles. The van der Waals surface area contributed by atoms with E-state index in [-0.39, 0.29) is 30.6 Å². The molecule has 0 spiro atoms. The smallest absolute Gasteiger partial charge is 0.239 e. The van der Waals surface area contributed by atoms with Crippen molar-refractivity contribution in [2.45, 2.75) is 26.7 Å². The number of rotatable bonds is 6. The van der Waals surface area contributed by atoms with E-state index in [1.807, 2.05) is 6.92 Å². The zero-order chi connectivity index (χ0) is 11.8. The standard InChI is InChI=1S/C10H18N2O3/c1-4-5-11-9(14)7-12(3)10(15)6-8(2)13/h4-7H2,1-3H3,(H,11,14). The van der Waals surface area contributed by atoms with Crippen molar-refractivity contribution in [1.82, 2.24) is 10.2 Å².